The van der Waals surface area contributed by atoms with Gasteiger partial charge in [0.2, 0.25) is 11.0 Å². The maximum Gasteiger partial charge on any atom is 0.242 e. The topological polar surface area (TPSA) is 52.6 Å². The van der Waals surface area contributed by atoms with Crippen molar-refractivity contribution in [1.82, 2.24) is 19.2 Å². The maximum absolute atomic E-state index is 13.7. The van der Waals surface area contributed by atoms with Gasteiger partial charge in [-0.2, -0.15) is 4.37 Å². The fourth-order valence-corrected chi connectivity index (χ4v) is 4.59. The summed E-state index contributed by atoms with van der Waals surface area (Å²) in [6, 6.07) is 26.5. The third-order valence-electron chi connectivity index (χ3n) is 5.93. The number of carbonyl (C=O) groups excluding carboxylic acids is 1. The lowest BCUT2D eigenvalue weighted by molar-refractivity contribution is -0.130. The van der Waals surface area contributed by atoms with Gasteiger partial charge in [0, 0.05) is 44.1 Å². The molecule has 0 atom stereocenters. The molecular weight excluding hydrogens is 485 g/mol. The highest BCUT2D eigenvalue weighted by Crippen LogP contribution is 2.22. The molecule has 0 aliphatic rings. The molecule has 0 aliphatic heterocycles. The lowest BCUT2D eigenvalue weighted by Crippen LogP contribution is -2.42. The summed E-state index contributed by atoms with van der Waals surface area (Å²) >= 11 is 1.29. The Labute approximate surface area is 222 Å². The average molecular weight is 518 g/mol. The molecular formula is C29H32FN5OS. The number of carbonyl (C=O) groups is 1. The van der Waals surface area contributed by atoms with E-state index >= 15 is 0 Å². The number of hydrogen-bond donors (Lipinski definition) is 0. The quantitative estimate of drug-likeness (QED) is 0.269. The van der Waals surface area contributed by atoms with Crippen LogP contribution in [-0.2, 0) is 24.3 Å². The normalized spacial score (nSPS) is 11.0. The second kappa shape index (κ2) is 13.1. The van der Waals surface area contributed by atoms with Crippen molar-refractivity contribution in [3.8, 4) is 0 Å². The van der Waals surface area contributed by atoms with Crippen LogP contribution in [0.2, 0.25) is 0 Å². The van der Waals surface area contributed by atoms with Gasteiger partial charge in [-0.25, -0.2) is 9.37 Å². The Bertz CT molecular complexity index is 1250. The second-order valence-corrected chi connectivity index (χ2v) is 9.97. The van der Waals surface area contributed by atoms with Crippen molar-refractivity contribution in [2.45, 2.75) is 19.5 Å². The fourth-order valence-electron chi connectivity index (χ4n) is 3.90. The third kappa shape index (κ3) is 8.20. The Balaban J connectivity index is 1.53. The number of rotatable bonds is 12. The van der Waals surface area contributed by atoms with Gasteiger partial charge >= 0.3 is 0 Å². The first-order valence-corrected chi connectivity index (χ1v) is 13.1. The largest absolute Gasteiger partial charge is 0.336 e. The zero-order chi connectivity index (χ0) is 26.0. The molecule has 0 unspecified atom stereocenters. The minimum absolute atomic E-state index is 0.0388. The molecule has 0 spiro atoms. The van der Waals surface area contributed by atoms with E-state index < -0.39 is 0 Å². The zero-order valence-electron chi connectivity index (χ0n) is 21.3. The number of nitrogens with zero attached hydrogens (tertiary/aromatic N) is 5. The van der Waals surface area contributed by atoms with Crippen molar-refractivity contribution >= 4 is 22.6 Å². The number of aromatic nitrogens is 2. The van der Waals surface area contributed by atoms with Gasteiger partial charge < -0.3 is 14.7 Å². The molecule has 1 heterocycles. The summed E-state index contributed by atoms with van der Waals surface area (Å²) < 4.78 is 17.8. The van der Waals surface area contributed by atoms with E-state index in [9.17, 15) is 9.18 Å². The maximum atomic E-state index is 13.7. The van der Waals surface area contributed by atoms with Gasteiger partial charge in [0.25, 0.3) is 0 Å². The first-order valence-electron chi connectivity index (χ1n) is 12.3. The van der Waals surface area contributed by atoms with E-state index in [1.54, 1.807) is 12.1 Å². The van der Waals surface area contributed by atoms with Gasteiger partial charge in [-0.3, -0.25) is 4.79 Å². The van der Waals surface area contributed by atoms with Crippen LogP contribution in [0.25, 0.3) is 0 Å². The average Bonchev–Trinajstić information content (AvgIpc) is 3.37. The smallest absolute Gasteiger partial charge is 0.242 e. The molecule has 0 bridgehead atoms. The predicted octanol–water partition coefficient (Wildman–Crippen LogP) is 4.87. The van der Waals surface area contributed by atoms with E-state index in [2.05, 4.69) is 9.27 Å². The first-order chi connectivity index (χ1) is 18.0. The molecule has 0 saturated heterocycles. The third-order valence-corrected chi connectivity index (χ3v) is 6.75. The van der Waals surface area contributed by atoms with Crippen LogP contribution in [0.4, 0.5) is 9.52 Å². The van der Waals surface area contributed by atoms with E-state index in [1.807, 2.05) is 84.6 Å². The Morgan fingerprint density at radius 1 is 0.811 bits per heavy atom. The van der Waals surface area contributed by atoms with Crippen molar-refractivity contribution < 1.29 is 9.18 Å². The molecule has 1 aromatic heterocycles. The van der Waals surface area contributed by atoms with Gasteiger partial charge in [0.15, 0.2) is 0 Å². The standard InChI is InChI=1S/C29H32FN5OS/c1-33(2)17-18-34(20-24-9-5-3-6-10-24)28(36)22-35(21-25-11-7-4-8-12-25)29-31-27(32-37-29)19-23-13-15-26(30)16-14-23/h3-16H,17-22H2,1-2H3. The summed E-state index contributed by atoms with van der Waals surface area (Å²) in [4.78, 5) is 24.4. The lowest BCUT2D eigenvalue weighted by atomic mass is 10.1. The molecule has 8 heteroatoms. The van der Waals surface area contributed by atoms with Crippen LogP contribution in [0.1, 0.15) is 22.5 Å². The van der Waals surface area contributed by atoms with Crippen LogP contribution in [-0.4, -0.2) is 58.8 Å². The van der Waals surface area contributed by atoms with E-state index in [0.29, 0.717) is 37.0 Å². The summed E-state index contributed by atoms with van der Waals surface area (Å²) in [6.45, 7) is 2.70. The zero-order valence-corrected chi connectivity index (χ0v) is 22.1. The Kier molecular flexibility index (Phi) is 9.35. The van der Waals surface area contributed by atoms with Gasteiger partial charge in [-0.05, 0) is 42.9 Å². The van der Waals surface area contributed by atoms with Crippen molar-refractivity contribution in [1.29, 1.82) is 0 Å². The van der Waals surface area contributed by atoms with Crippen molar-refractivity contribution in [3.05, 3.63) is 113 Å². The Morgan fingerprint density at radius 2 is 1.43 bits per heavy atom. The minimum Gasteiger partial charge on any atom is -0.336 e. The molecule has 0 N–H and O–H groups in total. The van der Waals surface area contributed by atoms with E-state index in [0.717, 1.165) is 23.2 Å². The number of benzene rings is 3. The molecule has 0 aliphatic carbocycles. The van der Waals surface area contributed by atoms with Gasteiger partial charge in [-0.15, -0.1) is 0 Å². The van der Waals surface area contributed by atoms with E-state index in [4.69, 9.17) is 4.98 Å². The van der Waals surface area contributed by atoms with E-state index in [1.165, 1.54) is 23.7 Å². The summed E-state index contributed by atoms with van der Waals surface area (Å²) in [5.41, 5.74) is 3.13. The summed E-state index contributed by atoms with van der Waals surface area (Å²) in [7, 11) is 4.02. The van der Waals surface area contributed by atoms with Crippen LogP contribution in [0, 0.1) is 5.82 Å². The molecule has 1 amide bonds. The summed E-state index contributed by atoms with van der Waals surface area (Å²) in [5.74, 6) is 0.431. The molecule has 37 heavy (non-hydrogen) atoms. The number of halogens is 1. The van der Waals surface area contributed by atoms with Gasteiger partial charge in [0.05, 0.1) is 6.54 Å². The van der Waals surface area contributed by atoms with Crippen LogP contribution >= 0.6 is 11.5 Å². The fraction of sp³-hybridized carbons (Fsp3) is 0.276. The van der Waals surface area contributed by atoms with Crippen LogP contribution in [0.15, 0.2) is 84.9 Å². The number of anilines is 1. The molecule has 0 saturated carbocycles. The SMILES string of the molecule is CN(C)CCN(Cc1ccccc1)C(=O)CN(Cc1ccccc1)c1nc(Cc2ccc(F)cc2)ns1. The van der Waals surface area contributed by atoms with Gasteiger partial charge in [-0.1, -0.05) is 72.8 Å². The molecule has 0 radical (unpaired) electrons. The highest BCUT2D eigenvalue weighted by Gasteiger charge is 2.21. The molecule has 6 nitrogen and oxygen atoms in total. The van der Waals surface area contributed by atoms with Gasteiger partial charge in [0.1, 0.15) is 11.6 Å². The predicted molar refractivity (Wildman–Crippen MR) is 147 cm³/mol. The number of likely N-dealkylation sites (N-methyl/N-ethyl adjacent to an activating group) is 1. The summed E-state index contributed by atoms with van der Waals surface area (Å²) in [5, 5.41) is 0.696. The molecule has 4 aromatic rings. The van der Waals surface area contributed by atoms with Crippen LogP contribution in [0.5, 0.6) is 0 Å². The van der Waals surface area contributed by atoms with Crippen molar-refractivity contribution in [2.24, 2.45) is 0 Å². The minimum atomic E-state index is -0.266. The highest BCUT2D eigenvalue weighted by atomic mass is 32.1. The molecule has 0 fully saturated rings. The Hall–Kier alpha value is -3.62. The monoisotopic (exact) mass is 517 g/mol. The Morgan fingerprint density at radius 3 is 2.05 bits per heavy atom. The first kappa shape index (κ1) is 26.4. The second-order valence-electron chi connectivity index (χ2n) is 9.24. The van der Waals surface area contributed by atoms with Crippen molar-refractivity contribution in [2.75, 3.05) is 38.6 Å². The van der Waals surface area contributed by atoms with E-state index in [-0.39, 0.29) is 18.3 Å². The molecule has 192 valence electrons. The lowest BCUT2D eigenvalue weighted by Gasteiger charge is -2.28. The summed E-state index contributed by atoms with van der Waals surface area (Å²) in [6.07, 6.45) is 0.507. The highest BCUT2D eigenvalue weighted by molar-refractivity contribution is 7.09. The van der Waals surface area contributed by atoms with Crippen LogP contribution in [0.3, 0.4) is 0 Å². The molecule has 4 rings (SSSR count). The number of amides is 1. The molecule has 3 aromatic carbocycles. The van der Waals surface area contributed by atoms with Crippen molar-refractivity contribution in [3.63, 3.8) is 0 Å². The number of hydrogen-bond acceptors (Lipinski definition) is 6. The van der Waals surface area contributed by atoms with Crippen LogP contribution < -0.4 is 4.90 Å².